The SMILES string of the molecule is C/C=C(\SCC/C=C/C(C#N)=C(\S)Nc1ccc(Oc2ccccc2)cc1)c1ccccn1. The van der Waals surface area contributed by atoms with E-state index < -0.39 is 0 Å². The number of aromatic nitrogens is 1. The van der Waals surface area contributed by atoms with Crippen molar-refractivity contribution >= 4 is 35.0 Å². The summed E-state index contributed by atoms with van der Waals surface area (Å²) in [5.41, 5.74) is 2.28. The fraction of sp³-hybridized carbons (Fsp3) is 0.111. The minimum atomic E-state index is 0.476. The van der Waals surface area contributed by atoms with Crippen molar-refractivity contribution in [3.63, 3.8) is 0 Å². The second-order valence-corrected chi connectivity index (χ2v) is 8.43. The van der Waals surface area contributed by atoms with Crippen LogP contribution in [0.3, 0.4) is 0 Å². The Morgan fingerprint density at radius 1 is 1.06 bits per heavy atom. The number of nitriles is 1. The first-order valence-corrected chi connectivity index (χ1v) is 11.9. The minimum absolute atomic E-state index is 0.476. The fourth-order valence-electron chi connectivity index (χ4n) is 2.86. The van der Waals surface area contributed by atoms with Gasteiger partial charge in [0, 0.05) is 22.5 Å². The minimum Gasteiger partial charge on any atom is -0.457 e. The normalized spacial score (nSPS) is 12.2. The van der Waals surface area contributed by atoms with E-state index in [4.69, 9.17) is 4.74 Å². The van der Waals surface area contributed by atoms with Gasteiger partial charge in [-0.05, 0) is 68.0 Å². The van der Waals surface area contributed by atoms with Gasteiger partial charge in [-0.2, -0.15) is 5.26 Å². The molecule has 0 bridgehead atoms. The van der Waals surface area contributed by atoms with E-state index in [1.807, 2.05) is 85.8 Å². The highest BCUT2D eigenvalue weighted by molar-refractivity contribution is 8.08. The molecule has 0 unspecified atom stereocenters. The molecule has 0 amide bonds. The van der Waals surface area contributed by atoms with Gasteiger partial charge in [-0.3, -0.25) is 4.98 Å². The summed E-state index contributed by atoms with van der Waals surface area (Å²) in [6.07, 6.45) is 8.50. The van der Waals surface area contributed by atoms with Crippen LogP contribution in [0.25, 0.3) is 4.91 Å². The van der Waals surface area contributed by atoms with E-state index in [0.29, 0.717) is 10.6 Å². The Bertz CT molecular complexity index is 1150. The van der Waals surface area contributed by atoms with Gasteiger partial charge in [0.15, 0.2) is 0 Å². The fourth-order valence-corrected chi connectivity index (χ4v) is 4.02. The van der Waals surface area contributed by atoms with Crippen molar-refractivity contribution in [2.45, 2.75) is 13.3 Å². The third-order valence-corrected chi connectivity index (χ3v) is 6.03. The maximum Gasteiger partial charge on any atom is 0.127 e. The molecule has 1 aromatic heterocycles. The summed E-state index contributed by atoms with van der Waals surface area (Å²) in [5.74, 6) is 2.41. The highest BCUT2D eigenvalue weighted by atomic mass is 32.2. The number of benzene rings is 2. The van der Waals surface area contributed by atoms with Crippen molar-refractivity contribution < 1.29 is 4.74 Å². The Balaban J connectivity index is 1.52. The Hall–Kier alpha value is -3.40. The quantitative estimate of drug-likeness (QED) is 0.137. The van der Waals surface area contributed by atoms with Crippen LogP contribution in [0.5, 0.6) is 11.5 Å². The van der Waals surface area contributed by atoms with E-state index >= 15 is 0 Å². The van der Waals surface area contributed by atoms with Crippen molar-refractivity contribution in [3.8, 4) is 17.6 Å². The molecule has 0 spiro atoms. The van der Waals surface area contributed by atoms with E-state index in [1.54, 1.807) is 24.0 Å². The third kappa shape index (κ3) is 7.90. The highest BCUT2D eigenvalue weighted by Crippen LogP contribution is 2.27. The third-order valence-electron chi connectivity index (χ3n) is 4.48. The second-order valence-electron chi connectivity index (χ2n) is 6.85. The number of allylic oxidation sites excluding steroid dienone is 4. The number of rotatable bonds is 10. The van der Waals surface area contributed by atoms with Crippen molar-refractivity contribution in [1.82, 2.24) is 4.98 Å². The average Bonchev–Trinajstić information content (AvgIpc) is 2.86. The van der Waals surface area contributed by atoms with Crippen molar-refractivity contribution in [1.29, 1.82) is 5.26 Å². The molecule has 0 saturated carbocycles. The van der Waals surface area contributed by atoms with Gasteiger partial charge in [0.1, 0.15) is 17.6 Å². The zero-order valence-electron chi connectivity index (χ0n) is 18.3. The Morgan fingerprint density at radius 2 is 1.79 bits per heavy atom. The Labute approximate surface area is 205 Å². The molecule has 0 atom stereocenters. The monoisotopic (exact) mass is 471 g/mol. The molecule has 2 aromatic carbocycles. The van der Waals surface area contributed by atoms with Crippen LogP contribution in [-0.2, 0) is 0 Å². The lowest BCUT2D eigenvalue weighted by atomic mass is 10.2. The Morgan fingerprint density at radius 3 is 2.45 bits per heavy atom. The van der Waals surface area contributed by atoms with Crippen LogP contribution < -0.4 is 10.1 Å². The predicted octanol–water partition coefficient (Wildman–Crippen LogP) is 7.69. The van der Waals surface area contributed by atoms with E-state index in [1.165, 1.54) is 0 Å². The van der Waals surface area contributed by atoms with E-state index in [-0.39, 0.29) is 0 Å². The molecule has 0 saturated heterocycles. The first-order valence-electron chi connectivity index (χ1n) is 10.5. The van der Waals surface area contributed by atoms with Gasteiger partial charge in [0.25, 0.3) is 0 Å². The average molecular weight is 472 g/mol. The lowest BCUT2D eigenvalue weighted by Gasteiger charge is -2.09. The highest BCUT2D eigenvalue weighted by Gasteiger charge is 2.03. The molecule has 0 aliphatic heterocycles. The summed E-state index contributed by atoms with van der Waals surface area (Å²) in [6, 6.07) is 25.2. The lowest BCUT2D eigenvalue weighted by molar-refractivity contribution is 0.483. The van der Waals surface area contributed by atoms with Crippen molar-refractivity contribution in [2.75, 3.05) is 11.1 Å². The maximum atomic E-state index is 9.52. The van der Waals surface area contributed by atoms with Crippen LogP contribution >= 0.6 is 24.4 Å². The molecule has 0 radical (unpaired) electrons. The van der Waals surface area contributed by atoms with Gasteiger partial charge in [-0.15, -0.1) is 24.4 Å². The second kappa shape index (κ2) is 13.2. The molecule has 33 heavy (non-hydrogen) atoms. The van der Waals surface area contributed by atoms with E-state index in [9.17, 15) is 5.26 Å². The summed E-state index contributed by atoms with van der Waals surface area (Å²) >= 11 is 6.23. The van der Waals surface area contributed by atoms with Crippen LogP contribution in [0.2, 0.25) is 0 Å². The molecule has 1 heterocycles. The number of thiol groups is 1. The van der Waals surface area contributed by atoms with Crippen molar-refractivity contribution in [3.05, 3.63) is 114 Å². The van der Waals surface area contributed by atoms with Gasteiger partial charge in [0.2, 0.25) is 0 Å². The molecule has 1 N–H and O–H groups in total. The standard InChI is InChI=1S/C27H25N3OS2/c1-2-26(25-13-6-8-18-29-25)33-19-9-7-10-21(20-28)27(32)30-22-14-16-24(17-15-22)31-23-11-4-3-5-12-23/h2-8,10-18,30,32H,9,19H2,1H3/b10-7+,26-2-,27-21+. The van der Waals surface area contributed by atoms with Gasteiger partial charge in [0.05, 0.1) is 16.3 Å². The zero-order valence-corrected chi connectivity index (χ0v) is 20.0. The number of ether oxygens (including phenoxy) is 1. The van der Waals surface area contributed by atoms with Crippen molar-refractivity contribution in [2.24, 2.45) is 0 Å². The maximum absolute atomic E-state index is 9.52. The van der Waals surface area contributed by atoms with Crippen LogP contribution in [0.4, 0.5) is 5.69 Å². The molecular weight excluding hydrogens is 446 g/mol. The summed E-state index contributed by atoms with van der Waals surface area (Å²) in [4.78, 5) is 5.55. The number of pyridine rings is 1. The smallest absolute Gasteiger partial charge is 0.127 e. The molecule has 3 aromatic rings. The first kappa shape index (κ1) is 24.2. The van der Waals surface area contributed by atoms with Crippen LogP contribution in [0.15, 0.2) is 108 Å². The summed E-state index contributed by atoms with van der Waals surface area (Å²) in [6.45, 7) is 2.02. The summed E-state index contributed by atoms with van der Waals surface area (Å²) in [5, 5.41) is 13.2. The molecular formula is C27H25N3OS2. The largest absolute Gasteiger partial charge is 0.457 e. The molecule has 0 fully saturated rings. The Kier molecular flexibility index (Phi) is 9.71. The van der Waals surface area contributed by atoms with Gasteiger partial charge in [-0.1, -0.05) is 36.4 Å². The van der Waals surface area contributed by atoms with Gasteiger partial charge in [-0.25, -0.2) is 0 Å². The number of thioether (sulfide) groups is 1. The number of para-hydroxylation sites is 1. The number of hydrogen-bond donors (Lipinski definition) is 2. The van der Waals surface area contributed by atoms with Crippen LogP contribution in [-0.4, -0.2) is 10.7 Å². The van der Waals surface area contributed by atoms with Gasteiger partial charge < -0.3 is 10.1 Å². The molecule has 0 aliphatic carbocycles. The van der Waals surface area contributed by atoms with Crippen LogP contribution in [0.1, 0.15) is 19.0 Å². The lowest BCUT2D eigenvalue weighted by Crippen LogP contribution is -1.96. The zero-order chi connectivity index (χ0) is 23.3. The molecule has 166 valence electrons. The predicted molar refractivity (Wildman–Crippen MR) is 142 cm³/mol. The number of hydrogen-bond acceptors (Lipinski definition) is 6. The number of anilines is 1. The number of nitrogens with zero attached hydrogens (tertiary/aromatic N) is 2. The first-order chi connectivity index (χ1) is 16.2. The van der Waals surface area contributed by atoms with E-state index in [0.717, 1.165) is 40.0 Å². The summed E-state index contributed by atoms with van der Waals surface area (Å²) < 4.78 is 5.80. The summed E-state index contributed by atoms with van der Waals surface area (Å²) in [7, 11) is 0. The van der Waals surface area contributed by atoms with E-state index in [2.05, 4.69) is 35.1 Å². The molecule has 3 rings (SSSR count). The molecule has 0 aliphatic rings. The molecule has 6 heteroatoms. The topological polar surface area (TPSA) is 57.9 Å². The van der Waals surface area contributed by atoms with Gasteiger partial charge >= 0.3 is 0 Å². The number of nitrogens with one attached hydrogen (secondary N) is 1. The van der Waals surface area contributed by atoms with Crippen LogP contribution in [0, 0.1) is 11.3 Å². The molecule has 4 nitrogen and oxygen atoms in total.